The van der Waals surface area contributed by atoms with Gasteiger partial charge in [-0.05, 0) is 46.1 Å². The van der Waals surface area contributed by atoms with Crippen LogP contribution >= 0.6 is 0 Å². The maximum atomic E-state index is 12.5. The largest absolute Gasteiger partial charge is 0.352 e. The number of nitrogens with two attached hydrogens (primary N) is 1. The van der Waals surface area contributed by atoms with Gasteiger partial charge in [0.05, 0.1) is 6.54 Å². The van der Waals surface area contributed by atoms with Gasteiger partial charge in [0.1, 0.15) is 0 Å². The van der Waals surface area contributed by atoms with Crippen molar-refractivity contribution in [3.8, 4) is 0 Å². The average molecular weight is 269 g/mol. The normalized spacial score (nSPS) is 22.6. The monoisotopic (exact) mass is 269 g/mol. The van der Waals surface area contributed by atoms with Crippen LogP contribution in [0.25, 0.3) is 0 Å². The van der Waals surface area contributed by atoms with Crippen LogP contribution in [0, 0.1) is 11.8 Å². The van der Waals surface area contributed by atoms with Crippen molar-refractivity contribution in [3.05, 3.63) is 0 Å². The Morgan fingerprint density at radius 1 is 1.37 bits per heavy atom. The minimum atomic E-state index is -0.0903. The number of amides is 2. The summed E-state index contributed by atoms with van der Waals surface area (Å²) in [6, 6.07) is 0.101. The molecule has 2 unspecified atom stereocenters. The highest BCUT2D eigenvalue weighted by Gasteiger charge is 2.34. The molecule has 0 heterocycles. The van der Waals surface area contributed by atoms with E-state index in [2.05, 4.69) is 5.32 Å². The lowest BCUT2D eigenvalue weighted by atomic mass is 9.94. The SMILES string of the molecule is CCN(CC(=O)NC(C)C)C(=O)C1CCCC1CN. The van der Waals surface area contributed by atoms with Crippen molar-refractivity contribution in [2.24, 2.45) is 17.6 Å². The Kier molecular flexibility index (Phi) is 6.28. The van der Waals surface area contributed by atoms with E-state index >= 15 is 0 Å². The maximum absolute atomic E-state index is 12.5. The van der Waals surface area contributed by atoms with E-state index in [0.717, 1.165) is 19.3 Å². The van der Waals surface area contributed by atoms with E-state index in [1.807, 2.05) is 20.8 Å². The molecule has 0 spiro atoms. The Bertz CT molecular complexity index is 318. The van der Waals surface area contributed by atoms with E-state index in [1.165, 1.54) is 0 Å². The summed E-state index contributed by atoms with van der Waals surface area (Å²) in [6.45, 7) is 7.02. The Labute approximate surface area is 115 Å². The fraction of sp³-hybridized carbons (Fsp3) is 0.857. The summed E-state index contributed by atoms with van der Waals surface area (Å²) < 4.78 is 0. The van der Waals surface area contributed by atoms with Crippen molar-refractivity contribution in [1.82, 2.24) is 10.2 Å². The second-order valence-corrected chi connectivity index (χ2v) is 5.61. The predicted molar refractivity (Wildman–Crippen MR) is 75.4 cm³/mol. The summed E-state index contributed by atoms with van der Waals surface area (Å²) >= 11 is 0. The summed E-state index contributed by atoms with van der Waals surface area (Å²) in [5.41, 5.74) is 5.72. The van der Waals surface area contributed by atoms with E-state index in [-0.39, 0.29) is 36.2 Å². The molecule has 19 heavy (non-hydrogen) atoms. The molecule has 0 aliphatic heterocycles. The van der Waals surface area contributed by atoms with Gasteiger partial charge in [0, 0.05) is 18.5 Å². The van der Waals surface area contributed by atoms with Crippen molar-refractivity contribution in [2.45, 2.75) is 46.1 Å². The van der Waals surface area contributed by atoms with E-state index in [1.54, 1.807) is 4.90 Å². The second-order valence-electron chi connectivity index (χ2n) is 5.61. The molecule has 5 nitrogen and oxygen atoms in total. The van der Waals surface area contributed by atoms with E-state index in [0.29, 0.717) is 13.1 Å². The zero-order valence-electron chi connectivity index (χ0n) is 12.3. The van der Waals surface area contributed by atoms with Gasteiger partial charge >= 0.3 is 0 Å². The van der Waals surface area contributed by atoms with Gasteiger partial charge in [-0.2, -0.15) is 0 Å². The maximum Gasteiger partial charge on any atom is 0.239 e. The minimum absolute atomic E-state index is 0.0109. The van der Waals surface area contributed by atoms with Gasteiger partial charge in [-0.1, -0.05) is 6.42 Å². The molecule has 1 fully saturated rings. The number of carbonyl (C=O) groups excluding carboxylic acids is 2. The predicted octanol–water partition coefficient (Wildman–Crippen LogP) is 0.735. The molecule has 2 amide bonds. The molecular weight excluding hydrogens is 242 g/mol. The lowest BCUT2D eigenvalue weighted by Gasteiger charge is -2.26. The van der Waals surface area contributed by atoms with E-state index in [9.17, 15) is 9.59 Å². The number of nitrogens with zero attached hydrogens (tertiary/aromatic N) is 1. The Morgan fingerprint density at radius 3 is 2.58 bits per heavy atom. The lowest BCUT2D eigenvalue weighted by Crippen LogP contribution is -2.45. The van der Waals surface area contributed by atoms with Crippen LogP contribution in [0.3, 0.4) is 0 Å². The van der Waals surface area contributed by atoms with Gasteiger partial charge in [-0.3, -0.25) is 9.59 Å². The number of rotatable bonds is 6. The first-order valence-corrected chi connectivity index (χ1v) is 7.27. The van der Waals surface area contributed by atoms with Crippen molar-refractivity contribution < 1.29 is 9.59 Å². The number of hydrogen-bond acceptors (Lipinski definition) is 3. The highest BCUT2D eigenvalue weighted by molar-refractivity contribution is 5.86. The first-order chi connectivity index (χ1) is 8.99. The van der Waals surface area contributed by atoms with E-state index < -0.39 is 0 Å². The number of carbonyl (C=O) groups is 2. The molecule has 1 aliphatic carbocycles. The summed E-state index contributed by atoms with van der Waals surface area (Å²) in [6.07, 6.45) is 3.00. The highest BCUT2D eigenvalue weighted by atomic mass is 16.2. The zero-order valence-corrected chi connectivity index (χ0v) is 12.3. The first kappa shape index (κ1) is 16.0. The molecule has 0 saturated heterocycles. The lowest BCUT2D eigenvalue weighted by molar-refractivity contribution is -0.140. The summed E-state index contributed by atoms with van der Waals surface area (Å²) in [5.74, 6) is 0.299. The van der Waals surface area contributed by atoms with Crippen molar-refractivity contribution >= 4 is 11.8 Å². The fourth-order valence-electron chi connectivity index (χ4n) is 2.77. The van der Waals surface area contributed by atoms with Gasteiger partial charge in [-0.25, -0.2) is 0 Å². The fourth-order valence-corrected chi connectivity index (χ4v) is 2.77. The van der Waals surface area contributed by atoms with Crippen molar-refractivity contribution in [2.75, 3.05) is 19.6 Å². The second kappa shape index (κ2) is 7.48. The third-order valence-electron chi connectivity index (χ3n) is 3.76. The molecule has 1 aliphatic rings. The van der Waals surface area contributed by atoms with Crippen LogP contribution in [0.1, 0.15) is 40.0 Å². The Hall–Kier alpha value is -1.10. The van der Waals surface area contributed by atoms with Crippen LogP contribution in [0.4, 0.5) is 0 Å². The first-order valence-electron chi connectivity index (χ1n) is 7.27. The molecule has 1 saturated carbocycles. The van der Waals surface area contributed by atoms with Crippen LogP contribution in [0.15, 0.2) is 0 Å². The quantitative estimate of drug-likeness (QED) is 0.746. The zero-order chi connectivity index (χ0) is 14.4. The summed E-state index contributed by atoms with van der Waals surface area (Å²) in [7, 11) is 0. The van der Waals surface area contributed by atoms with Crippen LogP contribution in [0.2, 0.25) is 0 Å². The molecule has 2 atom stereocenters. The van der Waals surface area contributed by atoms with E-state index in [4.69, 9.17) is 5.73 Å². The smallest absolute Gasteiger partial charge is 0.239 e. The Morgan fingerprint density at radius 2 is 2.05 bits per heavy atom. The Balaban J connectivity index is 2.58. The van der Waals surface area contributed by atoms with Gasteiger partial charge in [0.2, 0.25) is 11.8 Å². The molecule has 110 valence electrons. The number of nitrogens with one attached hydrogen (secondary N) is 1. The molecule has 0 bridgehead atoms. The summed E-state index contributed by atoms with van der Waals surface area (Å²) in [5, 5.41) is 2.82. The van der Waals surface area contributed by atoms with Crippen molar-refractivity contribution in [3.63, 3.8) is 0 Å². The van der Waals surface area contributed by atoms with Crippen LogP contribution < -0.4 is 11.1 Å². The van der Waals surface area contributed by atoms with Crippen molar-refractivity contribution in [1.29, 1.82) is 0 Å². The van der Waals surface area contributed by atoms with Gasteiger partial charge in [0.25, 0.3) is 0 Å². The highest BCUT2D eigenvalue weighted by Crippen LogP contribution is 2.32. The molecule has 0 radical (unpaired) electrons. The standard InChI is InChI=1S/C14H27N3O2/c1-4-17(9-13(18)16-10(2)3)14(19)12-7-5-6-11(12)8-15/h10-12H,4-9,15H2,1-3H3,(H,16,18). The minimum Gasteiger partial charge on any atom is -0.352 e. The molecule has 0 aromatic rings. The van der Waals surface area contributed by atoms with Crippen LogP contribution in [0.5, 0.6) is 0 Å². The average Bonchev–Trinajstić information content (AvgIpc) is 2.82. The van der Waals surface area contributed by atoms with Gasteiger partial charge in [-0.15, -0.1) is 0 Å². The molecular formula is C14H27N3O2. The number of likely N-dealkylation sites (N-methyl/N-ethyl adjacent to an activating group) is 1. The summed E-state index contributed by atoms with van der Waals surface area (Å²) in [4.78, 5) is 25.9. The molecule has 5 heteroatoms. The third kappa shape index (κ3) is 4.49. The number of hydrogen-bond donors (Lipinski definition) is 2. The van der Waals surface area contributed by atoms with Gasteiger partial charge < -0.3 is 16.0 Å². The third-order valence-corrected chi connectivity index (χ3v) is 3.76. The molecule has 0 aromatic carbocycles. The molecule has 0 aromatic heterocycles. The van der Waals surface area contributed by atoms with Crippen LogP contribution in [-0.2, 0) is 9.59 Å². The molecule has 3 N–H and O–H groups in total. The van der Waals surface area contributed by atoms with Gasteiger partial charge in [0.15, 0.2) is 0 Å². The van der Waals surface area contributed by atoms with Crippen LogP contribution in [-0.4, -0.2) is 42.4 Å². The molecule has 1 rings (SSSR count). The topological polar surface area (TPSA) is 75.4 Å².